The lowest BCUT2D eigenvalue weighted by Crippen LogP contribution is -2.42. The Morgan fingerprint density at radius 3 is 2.17 bits per heavy atom. The van der Waals surface area contributed by atoms with Crippen molar-refractivity contribution in [2.24, 2.45) is 0 Å². The predicted molar refractivity (Wildman–Crippen MR) is 99.3 cm³/mol. The first kappa shape index (κ1) is 23.6. The zero-order valence-electron chi connectivity index (χ0n) is 14.7. The molecule has 1 unspecified atom stereocenters. The molecule has 0 heterocycles. The maximum atomic E-state index is 12.0. The molecule has 1 aromatic rings. The highest BCUT2D eigenvalue weighted by Gasteiger charge is 2.22. The molecule has 0 aliphatic heterocycles. The third kappa shape index (κ3) is 11.2. The van der Waals surface area contributed by atoms with Gasteiger partial charge in [-0.05, 0) is 19.1 Å². The number of quaternary nitrogens is 1. The monoisotopic (exact) mass is 399 g/mol. The smallest absolute Gasteiger partial charge is 0.254 e. The molecular weight excluding hydrogens is 373 g/mol. The number of nitrogens with zero attached hydrogens (tertiary/aromatic N) is 1. The van der Waals surface area contributed by atoms with Gasteiger partial charge in [0.1, 0.15) is 5.69 Å². The second kappa shape index (κ2) is 10.6. The average molecular weight is 399 g/mol. The average Bonchev–Trinajstić information content (AvgIpc) is 2.47. The molecule has 0 aromatic heterocycles. The summed E-state index contributed by atoms with van der Waals surface area (Å²) in [6.45, 7) is 2.55. The van der Waals surface area contributed by atoms with Crippen molar-refractivity contribution >= 4 is 34.0 Å². The standard InChI is InChI=1S/C13H23NO2PS.CH4O4S/c1-5-16-17(4,15)18-12-11-14(2,3)13-9-7-6-8-10-13;1-5-6(2,3)4/h6-10H,5,11-12H2,1-4H3;1H3,(H,2,3,4)/q+1;/p-1. The first-order valence-electron chi connectivity index (χ1n) is 7.20. The first-order valence-corrected chi connectivity index (χ1v) is 12.2. The summed E-state index contributed by atoms with van der Waals surface area (Å²) in [6, 6.07) is 10.4. The number of rotatable bonds is 8. The van der Waals surface area contributed by atoms with Crippen molar-refractivity contribution in [1.29, 1.82) is 0 Å². The largest absolute Gasteiger partial charge is 0.726 e. The molecular formula is C14H26NO6PS2. The van der Waals surface area contributed by atoms with Crippen LogP contribution in [0.1, 0.15) is 6.92 Å². The number of benzene rings is 1. The van der Waals surface area contributed by atoms with Crippen molar-refractivity contribution in [3.05, 3.63) is 30.3 Å². The van der Waals surface area contributed by atoms with Crippen molar-refractivity contribution < 1.29 is 26.2 Å². The van der Waals surface area contributed by atoms with Crippen LogP contribution in [0.25, 0.3) is 0 Å². The Hall–Kier alpha value is -0.410. The SMILES string of the molecule is CCOP(C)(=O)SCC[N+](C)(C)c1ccccc1.COS(=O)(=O)[O-]. The lowest BCUT2D eigenvalue weighted by Gasteiger charge is -2.29. The second-order valence-electron chi connectivity index (χ2n) is 5.34. The van der Waals surface area contributed by atoms with Crippen LogP contribution in [0.5, 0.6) is 0 Å². The van der Waals surface area contributed by atoms with Crippen LogP contribution >= 0.6 is 18.0 Å². The van der Waals surface area contributed by atoms with Gasteiger partial charge in [-0.2, -0.15) is 0 Å². The van der Waals surface area contributed by atoms with Gasteiger partial charge in [0.2, 0.25) is 10.4 Å². The molecule has 0 bridgehead atoms. The van der Waals surface area contributed by atoms with Gasteiger partial charge in [-0.3, -0.25) is 13.2 Å². The molecule has 0 saturated carbocycles. The zero-order valence-corrected chi connectivity index (χ0v) is 17.2. The Bertz CT molecular complexity index is 621. The molecule has 0 aliphatic rings. The molecule has 0 fully saturated rings. The fraction of sp³-hybridized carbons (Fsp3) is 0.571. The minimum atomic E-state index is -4.41. The van der Waals surface area contributed by atoms with Crippen LogP contribution in [0.3, 0.4) is 0 Å². The van der Waals surface area contributed by atoms with E-state index in [0.29, 0.717) is 6.61 Å². The minimum absolute atomic E-state index is 0.512. The second-order valence-corrected chi connectivity index (χ2v) is 11.7. The van der Waals surface area contributed by atoms with Crippen LogP contribution < -0.4 is 4.48 Å². The summed E-state index contributed by atoms with van der Waals surface area (Å²) < 4.78 is 49.0. The molecule has 1 rings (SSSR count). The highest BCUT2D eigenvalue weighted by molar-refractivity contribution is 8.56. The topological polar surface area (TPSA) is 92.7 Å². The van der Waals surface area contributed by atoms with Crippen LogP contribution in [0.2, 0.25) is 0 Å². The number of hydrogen-bond donors (Lipinski definition) is 0. The van der Waals surface area contributed by atoms with Crippen LogP contribution in [0.4, 0.5) is 5.69 Å². The molecule has 0 saturated heterocycles. The van der Waals surface area contributed by atoms with Gasteiger partial charge in [0.15, 0.2) is 0 Å². The Balaban J connectivity index is 0.000000754. The lowest BCUT2D eigenvalue weighted by molar-refractivity contribution is 0.314. The molecule has 10 heteroatoms. The van der Waals surface area contributed by atoms with Gasteiger partial charge in [-0.1, -0.05) is 29.6 Å². The van der Waals surface area contributed by atoms with Gasteiger partial charge >= 0.3 is 0 Å². The molecule has 1 atom stereocenters. The van der Waals surface area contributed by atoms with E-state index in [4.69, 9.17) is 4.52 Å². The van der Waals surface area contributed by atoms with E-state index in [1.807, 2.05) is 25.1 Å². The third-order valence-electron chi connectivity index (χ3n) is 3.00. The first-order chi connectivity index (χ1) is 10.9. The Morgan fingerprint density at radius 1 is 1.25 bits per heavy atom. The van der Waals surface area contributed by atoms with Crippen LogP contribution in [0, 0.1) is 0 Å². The van der Waals surface area contributed by atoms with Crippen LogP contribution in [-0.4, -0.2) is 59.7 Å². The molecule has 0 spiro atoms. The van der Waals surface area contributed by atoms with Gasteiger partial charge in [0.05, 0.1) is 40.1 Å². The molecule has 140 valence electrons. The zero-order chi connectivity index (χ0) is 18.9. The van der Waals surface area contributed by atoms with Gasteiger partial charge < -0.3 is 9.08 Å². The minimum Gasteiger partial charge on any atom is -0.726 e. The summed E-state index contributed by atoms with van der Waals surface area (Å²) in [4.78, 5) is 0. The molecule has 0 radical (unpaired) electrons. The maximum Gasteiger partial charge on any atom is 0.254 e. The fourth-order valence-corrected chi connectivity index (χ4v) is 4.86. The van der Waals surface area contributed by atoms with Crippen LogP contribution in [-0.2, 0) is 23.7 Å². The summed E-state index contributed by atoms with van der Waals surface area (Å²) >= 11 is 1.44. The number of para-hydroxylation sites is 1. The van der Waals surface area contributed by atoms with E-state index >= 15 is 0 Å². The van der Waals surface area contributed by atoms with Gasteiger partial charge in [0.25, 0.3) is 6.57 Å². The van der Waals surface area contributed by atoms with E-state index in [0.717, 1.165) is 23.9 Å². The Labute approximate surface area is 149 Å². The highest BCUT2D eigenvalue weighted by Crippen LogP contribution is 2.55. The van der Waals surface area contributed by atoms with E-state index in [9.17, 15) is 17.5 Å². The van der Waals surface area contributed by atoms with Gasteiger partial charge in [0, 0.05) is 6.66 Å². The van der Waals surface area contributed by atoms with Gasteiger partial charge in [-0.25, -0.2) is 8.42 Å². The summed E-state index contributed by atoms with van der Waals surface area (Å²) in [5.74, 6) is 0.829. The Morgan fingerprint density at radius 2 is 1.75 bits per heavy atom. The molecule has 24 heavy (non-hydrogen) atoms. The van der Waals surface area contributed by atoms with Crippen molar-refractivity contribution in [1.82, 2.24) is 4.48 Å². The van der Waals surface area contributed by atoms with E-state index in [1.54, 1.807) is 6.66 Å². The van der Waals surface area contributed by atoms with Gasteiger partial charge in [-0.15, -0.1) is 0 Å². The molecule has 0 aliphatic carbocycles. The highest BCUT2D eigenvalue weighted by atomic mass is 32.7. The van der Waals surface area contributed by atoms with E-state index in [1.165, 1.54) is 17.1 Å². The normalized spacial score (nSPS) is 14.4. The lowest BCUT2D eigenvalue weighted by atomic mass is 10.2. The molecule has 1 aromatic carbocycles. The van der Waals surface area contributed by atoms with E-state index < -0.39 is 17.0 Å². The van der Waals surface area contributed by atoms with Crippen molar-refractivity contribution in [3.63, 3.8) is 0 Å². The third-order valence-corrected chi connectivity index (χ3v) is 7.24. The summed E-state index contributed by atoms with van der Waals surface area (Å²) in [6.07, 6.45) is 0. The quantitative estimate of drug-likeness (QED) is 0.287. The molecule has 7 nitrogen and oxygen atoms in total. The molecule has 0 N–H and O–H groups in total. The predicted octanol–water partition coefficient (Wildman–Crippen LogP) is 2.94. The Kier molecular flexibility index (Phi) is 10.4. The van der Waals surface area contributed by atoms with Crippen molar-refractivity contribution in [2.75, 3.05) is 46.8 Å². The summed E-state index contributed by atoms with van der Waals surface area (Å²) in [7, 11) is 0.724. The van der Waals surface area contributed by atoms with Crippen LogP contribution in [0.15, 0.2) is 30.3 Å². The summed E-state index contributed by atoms with van der Waals surface area (Å²) in [5, 5.41) is 0. The fourth-order valence-electron chi connectivity index (χ4n) is 1.67. The van der Waals surface area contributed by atoms with Crippen molar-refractivity contribution in [3.8, 4) is 0 Å². The van der Waals surface area contributed by atoms with E-state index in [-0.39, 0.29) is 0 Å². The van der Waals surface area contributed by atoms with E-state index in [2.05, 4.69) is 30.4 Å². The maximum absolute atomic E-state index is 12.0. The van der Waals surface area contributed by atoms with Crippen molar-refractivity contribution in [2.45, 2.75) is 6.92 Å². The summed E-state index contributed by atoms with van der Waals surface area (Å²) in [5.41, 5.74) is 1.26. The number of hydrogen-bond acceptors (Lipinski definition) is 7. The molecule has 0 amide bonds.